The Morgan fingerprint density at radius 1 is 1.08 bits per heavy atom. The fourth-order valence-corrected chi connectivity index (χ4v) is 2.16. The molecule has 0 spiro atoms. The second kappa shape index (κ2) is 8.61. The average Bonchev–Trinajstić information content (AvgIpc) is 3.04. The summed E-state index contributed by atoms with van der Waals surface area (Å²) in [5, 5.41) is 4.52. The van der Waals surface area contributed by atoms with Gasteiger partial charge in [-0.25, -0.2) is 0 Å². The first-order chi connectivity index (χ1) is 12.4. The molecule has 0 saturated carbocycles. The van der Waals surface area contributed by atoms with Gasteiger partial charge in [0.1, 0.15) is 12.2 Å². The number of carbonyl (C=O) groups excluding carboxylic acids is 4. The highest BCUT2D eigenvalue weighted by molar-refractivity contribution is 6.04. The molecule has 0 saturated heterocycles. The summed E-state index contributed by atoms with van der Waals surface area (Å²) in [6, 6.07) is 10.1. The van der Waals surface area contributed by atoms with E-state index in [1.165, 1.54) is 0 Å². The van der Waals surface area contributed by atoms with E-state index in [-0.39, 0.29) is 6.54 Å². The van der Waals surface area contributed by atoms with Crippen molar-refractivity contribution in [1.29, 1.82) is 0 Å². The number of rotatable bonds is 6. The Bertz CT molecular complexity index is 841. The molecule has 8 nitrogen and oxygen atoms in total. The van der Waals surface area contributed by atoms with Gasteiger partial charge in [-0.3, -0.25) is 24.5 Å². The minimum Gasteiger partial charge on any atom is -0.454 e. The lowest BCUT2D eigenvalue weighted by Crippen LogP contribution is -2.37. The first kappa shape index (κ1) is 18.9. The van der Waals surface area contributed by atoms with Crippen molar-refractivity contribution >= 4 is 23.7 Å². The molecule has 8 heteroatoms. The summed E-state index contributed by atoms with van der Waals surface area (Å²) < 4.78 is 6.29. The summed E-state index contributed by atoms with van der Waals surface area (Å²) in [5.74, 6) is -2.55. The molecule has 0 fully saturated rings. The molecule has 1 aromatic carbocycles. The zero-order valence-electron chi connectivity index (χ0n) is 14.4. The SMILES string of the molecule is Cc1cccc(C(=O)NCC(=O)OCC(=O)NC(=O)c2cccn2C)c1. The Labute approximate surface area is 150 Å². The van der Waals surface area contributed by atoms with Gasteiger partial charge in [0, 0.05) is 18.8 Å². The third kappa shape index (κ3) is 5.30. The lowest BCUT2D eigenvalue weighted by molar-refractivity contribution is -0.147. The van der Waals surface area contributed by atoms with Crippen molar-refractivity contribution in [3.63, 3.8) is 0 Å². The van der Waals surface area contributed by atoms with Gasteiger partial charge in [-0.15, -0.1) is 0 Å². The highest BCUT2D eigenvalue weighted by atomic mass is 16.5. The molecule has 0 aliphatic rings. The molecule has 0 aliphatic heterocycles. The maximum atomic E-state index is 11.9. The van der Waals surface area contributed by atoms with Crippen LogP contribution in [0.4, 0.5) is 0 Å². The molecule has 0 atom stereocenters. The van der Waals surface area contributed by atoms with Crippen LogP contribution in [0.3, 0.4) is 0 Å². The van der Waals surface area contributed by atoms with Crippen LogP contribution < -0.4 is 10.6 Å². The lowest BCUT2D eigenvalue weighted by atomic mass is 10.1. The van der Waals surface area contributed by atoms with E-state index in [1.807, 2.05) is 13.0 Å². The maximum absolute atomic E-state index is 11.9. The Kier molecular flexibility index (Phi) is 6.26. The number of hydrogen-bond donors (Lipinski definition) is 2. The van der Waals surface area contributed by atoms with Crippen LogP contribution in [0.1, 0.15) is 26.4 Å². The number of nitrogens with one attached hydrogen (secondary N) is 2. The molecule has 136 valence electrons. The van der Waals surface area contributed by atoms with Crippen LogP contribution in [0.5, 0.6) is 0 Å². The second-order valence-corrected chi connectivity index (χ2v) is 5.59. The van der Waals surface area contributed by atoms with Gasteiger partial charge >= 0.3 is 5.97 Å². The van der Waals surface area contributed by atoms with Crippen LogP contribution in [0.25, 0.3) is 0 Å². The van der Waals surface area contributed by atoms with Crippen LogP contribution in [-0.2, 0) is 21.4 Å². The van der Waals surface area contributed by atoms with Crippen molar-refractivity contribution in [2.45, 2.75) is 6.92 Å². The van der Waals surface area contributed by atoms with Crippen molar-refractivity contribution in [2.75, 3.05) is 13.2 Å². The molecule has 2 rings (SSSR count). The smallest absolute Gasteiger partial charge is 0.325 e. The summed E-state index contributed by atoms with van der Waals surface area (Å²) in [4.78, 5) is 47.0. The fraction of sp³-hybridized carbons (Fsp3) is 0.222. The Balaban J connectivity index is 1.73. The van der Waals surface area contributed by atoms with Crippen LogP contribution >= 0.6 is 0 Å². The molecule has 0 unspecified atom stereocenters. The standard InChI is InChI=1S/C18H19N3O5/c1-12-5-3-6-13(9-12)17(24)19-10-16(23)26-11-15(22)20-18(25)14-7-4-8-21(14)2/h3-9H,10-11H2,1-2H3,(H,19,24)(H,20,22,25). The Hall–Kier alpha value is -3.42. The van der Waals surface area contributed by atoms with Gasteiger partial charge in [-0.2, -0.15) is 0 Å². The van der Waals surface area contributed by atoms with Crippen molar-refractivity contribution < 1.29 is 23.9 Å². The van der Waals surface area contributed by atoms with Crippen LogP contribution in [0.15, 0.2) is 42.6 Å². The Morgan fingerprint density at radius 2 is 1.85 bits per heavy atom. The number of carbonyl (C=O) groups is 4. The Morgan fingerprint density at radius 3 is 2.50 bits per heavy atom. The zero-order valence-corrected chi connectivity index (χ0v) is 14.4. The molecular formula is C18H19N3O5. The van der Waals surface area contributed by atoms with E-state index < -0.39 is 30.3 Å². The highest BCUT2D eigenvalue weighted by Crippen LogP contribution is 2.03. The van der Waals surface area contributed by atoms with Crippen molar-refractivity contribution in [3.8, 4) is 0 Å². The largest absolute Gasteiger partial charge is 0.454 e. The van der Waals surface area contributed by atoms with Crippen LogP contribution in [0, 0.1) is 6.92 Å². The number of esters is 1. The van der Waals surface area contributed by atoms with E-state index in [4.69, 9.17) is 4.74 Å². The van der Waals surface area contributed by atoms with E-state index in [1.54, 1.807) is 48.1 Å². The van der Waals surface area contributed by atoms with Gasteiger partial charge in [-0.1, -0.05) is 17.7 Å². The molecular weight excluding hydrogens is 338 g/mol. The van der Waals surface area contributed by atoms with E-state index in [0.29, 0.717) is 11.3 Å². The molecule has 0 radical (unpaired) electrons. The quantitative estimate of drug-likeness (QED) is 0.735. The predicted molar refractivity (Wildman–Crippen MR) is 92.4 cm³/mol. The monoisotopic (exact) mass is 357 g/mol. The lowest BCUT2D eigenvalue weighted by Gasteiger charge is -2.08. The van der Waals surface area contributed by atoms with E-state index in [9.17, 15) is 19.2 Å². The number of ether oxygens (including phenoxy) is 1. The minimum absolute atomic E-state index is 0.301. The number of aryl methyl sites for hydroxylation is 2. The average molecular weight is 357 g/mol. The number of nitrogens with zero attached hydrogens (tertiary/aromatic N) is 1. The van der Waals surface area contributed by atoms with Gasteiger partial charge < -0.3 is 14.6 Å². The minimum atomic E-state index is -0.785. The summed E-state index contributed by atoms with van der Waals surface area (Å²) in [6.45, 7) is 0.849. The second-order valence-electron chi connectivity index (χ2n) is 5.59. The van der Waals surface area contributed by atoms with Gasteiger partial charge in [0.15, 0.2) is 6.61 Å². The van der Waals surface area contributed by atoms with Gasteiger partial charge in [0.2, 0.25) is 0 Å². The highest BCUT2D eigenvalue weighted by Gasteiger charge is 2.15. The number of aromatic nitrogens is 1. The third-order valence-corrected chi connectivity index (χ3v) is 3.47. The molecule has 1 heterocycles. The van der Waals surface area contributed by atoms with Crippen LogP contribution in [0.2, 0.25) is 0 Å². The number of benzene rings is 1. The van der Waals surface area contributed by atoms with Crippen molar-refractivity contribution in [1.82, 2.24) is 15.2 Å². The van der Waals surface area contributed by atoms with Gasteiger partial charge in [0.25, 0.3) is 17.7 Å². The maximum Gasteiger partial charge on any atom is 0.325 e. The molecule has 26 heavy (non-hydrogen) atoms. The normalized spacial score (nSPS) is 10.1. The molecule has 0 bridgehead atoms. The van der Waals surface area contributed by atoms with E-state index >= 15 is 0 Å². The first-order valence-corrected chi connectivity index (χ1v) is 7.83. The first-order valence-electron chi connectivity index (χ1n) is 7.83. The molecule has 1 aromatic heterocycles. The molecule has 3 amide bonds. The van der Waals surface area contributed by atoms with E-state index in [0.717, 1.165) is 5.56 Å². The van der Waals surface area contributed by atoms with Gasteiger partial charge in [-0.05, 0) is 31.2 Å². The van der Waals surface area contributed by atoms with Crippen molar-refractivity contribution in [2.24, 2.45) is 7.05 Å². The van der Waals surface area contributed by atoms with E-state index in [2.05, 4.69) is 10.6 Å². The number of amides is 3. The number of hydrogen-bond acceptors (Lipinski definition) is 5. The summed E-state index contributed by atoms with van der Waals surface area (Å²) in [6.07, 6.45) is 1.66. The topological polar surface area (TPSA) is 106 Å². The predicted octanol–water partition coefficient (Wildman–Crippen LogP) is 0.563. The summed E-state index contributed by atoms with van der Waals surface area (Å²) >= 11 is 0. The summed E-state index contributed by atoms with van der Waals surface area (Å²) in [5.41, 5.74) is 1.64. The zero-order chi connectivity index (χ0) is 19.1. The van der Waals surface area contributed by atoms with Crippen molar-refractivity contribution in [3.05, 3.63) is 59.4 Å². The molecule has 2 N–H and O–H groups in total. The van der Waals surface area contributed by atoms with Gasteiger partial charge in [0.05, 0.1) is 0 Å². The summed E-state index contributed by atoms with van der Waals surface area (Å²) in [7, 11) is 1.66. The third-order valence-electron chi connectivity index (χ3n) is 3.47. The molecule has 0 aliphatic carbocycles. The molecule has 2 aromatic rings. The van der Waals surface area contributed by atoms with Crippen LogP contribution in [-0.4, -0.2) is 41.4 Å². The number of imide groups is 1. The fourth-order valence-electron chi connectivity index (χ4n) is 2.16.